The van der Waals surface area contributed by atoms with Crippen LogP contribution in [0.3, 0.4) is 0 Å². The number of aliphatic carboxylic acids is 1. The summed E-state index contributed by atoms with van der Waals surface area (Å²) in [7, 11) is 0. The number of nitrogens with two attached hydrogens (primary N) is 1. The number of carbonyl (C=O) groups is 3. The van der Waals surface area contributed by atoms with Gasteiger partial charge in [0.15, 0.2) is 0 Å². The van der Waals surface area contributed by atoms with Crippen molar-refractivity contribution in [3.63, 3.8) is 0 Å². The average molecular weight is 400 g/mol. The van der Waals surface area contributed by atoms with Gasteiger partial charge in [-0.3, -0.25) is 9.59 Å². The Bertz CT molecular complexity index is 651. The average Bonchev–Trinajstić information content (AvgIpc) is 2.62. The van der Waals surface area contributed by atoms with Crippen LogP contribution in [0.25, 0.3) is 0 Å². The lowest BCUT2D eigenvalue weighted by Crippen LogP contribution is -2.46. The second-order valence-electron chi connectivity index (χ2n) is 6.61. The molecule has 3 unspecified atom stereocenters. The Morgan fingerprint density at radius 1 is 1.19 bits per heavy atom. The highest BCUT2D eigenvalue weighted by Gasteiger charge is 2.24. The van der Waals surface area contributed by atoms with Crippen LogP contribution in [0.4, 0.5) is 0 Å². The number of carboxylic acid groups (broad SMARTS) is 1. The molecule has 1 rings (SSSR count). The number of aliphatic hydroxyl groups excluding tert-OH is 1. The van der Waals surface area contributed by atoms with Gasteiger partial charge in [-0.05, 0) is 23.6 Å². The fourth-order valence-corrected chi connectivity index (χ4v) is 2.48. The van der Waals surface area contributed by atoms with Crippen LogP contribution in [-0.4, -0.2) is 53.2 Å². The summed E-state index contributed by atoms with van der Waals surface area (Å²) >= 11 is 5.89. The third kappa shape index (κ3) is 7.54. The van der Waals surface area contributed by atoms with Crippen LogP contribution in [0.2, 0.25) is 5.02 Å². The predicted octanol–water partition coefficient (Wildman–Crippen LogP) is 0.475. The molecule has 0 aliphatic carbocycles. The number of amides is 2. The maximum absolute atomic E-state index is 12.2. The smallest absolute Gasteiger partial charge is 0.328 e. The number of hydrogen-bond acceptors (Lipinski definition) is 5. The van der Waals surface area contributed by atoms with Crippen LogP contribution < -0.4 is 16.4 Å². The largest absolute Gasteiger partial charge is 0.480 e. The van der Waals surface area contributed by atoms with E-state index in [1.165, 1.54) is 0 Å². The van der Waals surface area contributed by atoms with Crippen LogP contribution >= 0.6 is 11.6 Å². The first-order chi connectivity index (χ1) is 12.6. The van der Waals surface area contributed by atoms with Crippen molar-refractivity contribution in [1.29, 1.82) is 0 Å². The summed E-state index contributed by atoms with van der Waals surface area (Å²) in [6.45, 7) is 3.09. The standard InChI is InChI=1S/C18H26ClN3O5/c1-10(2)16(20)17(25)21-8-12(11-3-5-13(19)6-4-11)7-15(24)22-14(9-23)18(26)27/h3-6,10,12,14,16,23H,7-9,20H2,1-2H3,(H,21,25)(H,22,24)(H,26,27). The molecule has 8 nitrogen and oxygen atoms in total. The number of benzene rings is 1. The minimum Gasteiger partial charge on any atom is -0.480 e. The first-order valence-corrected chi connectivity index (χ1v) is 8.95. The van der Waals surface area contributed by atoms with Crippen molar-refractivity contribution in [2.24, 2.45) is 11.7 Å². The van der Waals surface area contributed by atoms with Crippen molar-refractivity contribution in [1.82, 2.24) is 10.6 Å². The fourth-order valence-electron chi connectivity index (χ4n) is 2.35. The van der Waals surface area contributed by atoms with E-state index in [4.69, 9.17) is 27.5 Å². The molecule has 150 valence electrons. The van der Waals surface area contributed by atoms with Crippen LogP contribution in [0, 0.1) is 5.92 Å². The van der Waals surface area contributed by atoms with Crippen molar-refractivity contribution in [3.8, 4) is 0 Å². The molecule has 3 atom stereocenters. The molecule has 1 aromatic carbocycles. The summed E-state index contributed by atoms with van der Waals surface area (Å²) in [6.07, 6.45) is -0.0807. The van der Waals surface area contributed by atoms with Gasteiger partial charge in [-0.15, -0.1) is 0 Å². The highest BCUT2D eigenvalue weighted by molar-refractivity contribution is 6.30. The van der Waals surface area contributed by atoms with Gasteiger partial charge in [-0.2, -0.15) is 0 Å². The predicted molar refractivity (Wildman–Crippen MR) is 101 cm³/mol. The van der Waals surface area contributed by atoms with E-state index in [0.717, 1.165) is 5.56 Å². The quantitative estimate of drug-likeness (QED) is 0.387. The van der Waals surface area contributed by atoms with E-state index in [9.17, 15) is 14.4 Å². The van der Waals surface area contributed by atoms with Gasteiger partial charge in [0.2, 0.25) is 11.8 Å². The maximum Gasteiger partial charge on any atom is 0.328 e. The normalized spacial score (nSPS) is 14.3. The molecule has 0 aliphatic rings. The Morgan fingerprint density at radius 3 is 2.26 bits per heavy atom. The number of carboxylic acids is 1. The number of hydrogen-bond donors (Lipinski definition) is 5. The van der Waals surface area contributed by atoms with Crippen LogP contribution in [0.5, 0.6) is 0 Å². The van der Waals surface area contributed by atoms with Crippen LogP contribution in [0.15, 0.2) is 24.3 Å². The summed E-state index contributed by atoms with van der Waals surface area (Å²) in [5, 5.41) is 23.5. The Hall–Kier alpha value is -2.16. The number of nitrogens with one attached hydrogen (secondary N) is 2. The zero-order valence-electron chi connectivity index (χ0n) is 15.3. The van der Waals surface area contributed by atoms with E-state index < -0.39 is 36.5 Å². The minimum absolute atomic E-state index is 0.0387. The van der Waals surface area contributed by atoms with Crippen molar-refractivity contribution >= 4 is 29.4 Å². The Morgan fingerprint density at radius 2 is 1.78 bits per heavy atom. The molecule has 0 aliphatic heterocycles. The molecule has 2 amide bonds. The molecule has 1 aromatic rings. The summed E-state index contributed by atoms with van der Waals surface area (Å²) in [5.74, 6) is -2.67. The fraction of sp³-hybridized carbons (Fsp3) is 0.500. The van der Waals surface area contributed by atoms with E-state index in [1.54, 1.807) is 24.3 Å². The molecule has 0 saturated heterocycles. The van der Waals surface area contributed by atoms with E-state index in [2.05, 4.69) is 10.6 Å². The van der Waals surface area contributed by atoms with Gasteiger partial charge in [0.25, 0.3) is 0 Å². The molecular weight excluding hydrogens is 374 g/mol. The Labute approximate surface area is 163 Å². The van der Waals surface area contributed by atoms with Crippen molar-refractivity contribution in [3.05, 3.63) is 34.9 Å². The third-order valence-electron chi connectivity index (χ3n) is 4.13. The Balaban J connectivity index is 2.85. The highest BCUT2D eigenvalue weighted by Crippen LogP contribution is 2.21. The van der Waals surface area contributed by atoms with E-state index in [1.807, 2.05) is 13.8 Å². The molecule has 6 N–H and O–H groups in total. The van der Waals surface area contributed by atoms with Crippen LogP contribution in [-0.2, 0) is 14.4 Å². The molecule has 0 aromatic heterocycles. The van der Waals surface area contributed by atoms with Gasteiger partial charge < -0.3 is 26.6 Å². The topological polar surface area (TPSA) is 142 Å². The lowest BCUT2D eigenvalue weighted by atomic mass is 9.94. The molecule has 0 heterocycles. The SMILES string of the molecule is CC(C)C(N)C(=O)NCC(CC(=O)NC(CO)C(=O)O)c1ccc(Cl)cc1. The molecule has 0 radical (unpaired) electrons. The second kappa shape index (κ2) is 10.9. The van der Waals surface area contributed by atoms with Gasteiger partial charge in [-0.1, -0.05) is 37.6 Å². The number of aliphatic hydroxyl groups is 1. The first-order valence-electron chi connectivity index (χ1n) is 8.57. The van der Waals surface area contributed by atoms with Crippen molar-refractivity contribution in [2.45, 2.75) is 38.3 Å². The highest BCUT2D eigenvalue weighted by atomic mass is 35.5. The third-order valence-corrected chi connectivity index (χ3v) is 4.38. The molecule has 0 spiro atoms. The zero-order chi connectivity index (χ0) is 20.6. The lowest BCUT2D eigenvalue weighted by Gasteiger charge is -2.21. The van der Waals surface area contributed by atoms with Gasteiger partial charge in [0.05, 0.1) is 12.6 Å². The van der Waals surface area contributed by atoms with Crippen molar-refractivity contribution in [2.75, 3.05) is 13.2 Å². The van der Waals surface area contributed by atoms with E-state index in [0.29, 0.717) is 5.02 Å². The summed E-state index contributed by atoms with van der Waals surface area (Å²) in [6, 6.07) is 4.74. The summed E-state index contributed by atoms with van der Waals surface area (Å²) in [4.78, 5) is 35.3. The number of rotatable bonds is 10. The zero-order valence-corrected chi connectivity index (χ0v) is 16.1. The van der Waals surface area contributed by atoms with E-state index in [-0.39, 0.29) is 24.8 Å². The maximum atomic E-state index is 12.2. The summed E-state index contributed by atoms with van der Waals surface area (Å²) < 4.78 is 0. The number of carbonyl (C=O) groups excluding carboxylic acids is 2. The molecule has 0 bridgehead atoms. The van der Waals surface area contributed by atoms with Gasteiger partial charge >= 0.3 is 5.97 Å². The molecule has 9 heteroatoms. The minimum atomic E-state index is -1.38. The Kier molecular flexibility index (Phi) is 9.20. The van der Waals surface area contributed by atoms with Gasteiger partial charge in [0.1, 0.15) is 6.04 Å². The van der Waals surface area contributed by atoms with Crippen LogP contribution in [0.1, 0.15) is 31.7 Å². The number of halogens is 1. The lowest BCUT2D eigenvalue weighted by molar-refractivity contribution is -0.143. The first kappa shape index (κ1) is 22.9. The summed E-state index contributed by atoms with van der Waals surface area (Å²) in [5.41, 5.74) is 6.57. The molecular formula is C18H26ClN3O5. The second-order valence-corrected chi connectivity index (χ2v) is 7.04. The molecule has 0 saturated carbocycles. The molecule has 27 heavy (non-hydrogen) atoms. The monoisotopic (exact) mass is 399 g/mol. The molecule has 0 fully saturated rings. The van der Waals surface area contributed by atoms with Gasteiger partial charge in [-0.25, -0.2) is 4.79 Å². The van der Waals surface area contributed by atoms with Crippen molar-refractivity contribution < 1.29 is 24.6 Å². The van der Waals surface area contributed by atoms with Gasteiger partial charge in [0, 0.05) is 23.9 Å². The van der Waals surface area contributed by atoms with E-state index >= 15 is 0 Å².